The Morgan fingerprint density at radius 3 is 2.45 bits per heavy atom. The molecule has 0 bridgehead atoms. The molecule has 0 heterocycles. The third-order valence-corrected chi connectivity index (χ3v) is 3.55. The van der Waals surface area contributed by atoms with E-state index in [1.807, 2.05) is 0 Å². The second-order valence-electron chi connectivity index (χ2n) is 5.07. The van der Waals surface area contributed by atoms with Crippen molar-refractivity contribution in [3.63, 3.8) is 0 Å². The summed E-state index contributed by atoms with van der Waals surface area (Å²) in [6.45, 7) is -2.51. The van der Waals surface area contributed by atoms with E-state index in [-0.39, 0.29) is 11.7 Å². The van der Waals surface area contributed by atoms with Crippen LogP contribution in [-0.4, -0.2) is 18.1 Å². The lowest BCUT2D eigenvalue weighted by Gasteiger charge is -2.22. The van der Waals surface area contributed by atoms with Gasteiger partial charge in [-0.2, -0.15) is 8.78 Å². The summed E-state index contributed by atoms with van der Waals surface area (Å²) in [5, 5.41) is 2.79. The lowest BCUT2D eigenvalue weighted by Crippen LogP contribution is -2.51. The number of hydrogen-bond donors (Lipinski definition) is 2. The number of halogens is 2. The van der Waals surface area contributed by atoms with Gasteiger partial charge in [0.2, 0.25) is 5.91 Å². The number of hydrogen-bond acceptors (Lipinski definition) is 3. The Morgan fingerprint density at radius 2 is 1.90 bits per heavy atom. The number of carbonyl (C=O) groups excluding carboxylic acids is 1. The van der Waals surface area contributed by atoms with Crippen LogP contribution in [0, 0.1) is 0 Å². The Labute approximate surface area is 116 Å². The normalized spacial score (nSPS) is 17.2. The Morgan fingerprint density at radius 1 is 1.30 bits per heavy atom. The number of carbonyl (C=O) groups is 1. The second kappa shape index (κ2) is 6.17. The number of rotatable bonds is 5. The monoisotopic (exact) mass is 284 g/mol. The van der Waals surface area contributed by atoms with E-state index in [0.29, 0.717) is 19.4 Å². The first kappa shape index (κ1) is 14.7. The third kappa shape index (κ3) is 3.66. The van der Waals surface area contributed by atoms with E-state index in [2.05, 4.69) is 10.1 Å². The number of ether oxygens (including phenoxy) is 1. The molecule has 1 aliphatic rings. The first-order valence-corrected chi connectivity index (χ1v) is 6.60. The predicted molar refractivity (Wildman–Crippen MR) is 70.3 cm³/mol. The van der Waals surface area contributed by atoms with Crippen molar-refractivity contribution in [2.45, 2.75) is 44.4 Å². The first-order valence-electron chi connectivity index (χ1n) is 6.60. The van der Waals surface area contributed by atoms with Crippen molar-refractivity contribution in [2.75, 3.05) is 0 Å². The number of nitrogens with two attached hydrogens (primary N) is 1. The zero-order valence-corrected chi connectivity index (χ0v) is 11.1. The van der Waals surface area contributed by atoms with Gasteiger partial charge in [-0.25, -0.2) is 0 Å². The average Bonchev–Trinajstić information content (AvgIpc) is 2.85. The summed E-state index contributed by atoms with van der Waals surface area (Å²) in [5.41, 5.74) is 6.09. The predicted octanol–water partition coefficient (Wildman–Crippen LogP) is 2.18. The molecule has 2 rings (SSSR count). The topological polar surface area (TPSA) is 64.4 Å². The van der Waals surface area contributed by atoms with Crippen LogP contribution in [0.2, 0.25) is 0 Å². The van der Waals surface area contributed by atoms with E-state index in [1.165, 1.54) is 12.1 Å². The van der Waals surface area contributed by atoms with Crippen molar-refractivity contribution in [3.8, 4) is 5.75 Å². The van der Waals surface area contributed by atoms with Crippen LogP contribution in [-0.2, 0) is 11.3 Å². The number of nitrogens with one attached hydrogen (secondary N) is 1. The van der Waals surface area contributed by atoms with E-state index in [9.17, 15) is 13.6 Å². The van der Waals surface area contributed by atoms with Gasteiger partial charge < -0.3 is 15.8 Å². The molecule has 20 heavy (non-hydrogen) atoms. The van der Waals surface area contributed by atoms with Gasteiger partial charge in [-0.15, -0.1) is 0 Å². The SMILES string of the molecule is NC1(C(=O)NCc2ccc(OC(F)F)cc2)CCCC1. The quantitative estimate of drug-likeness (QED) is 0.871. The Kier molecular flexibility index (Phi) is 4.54. The average molecular weight is 284 g/mol. The molecule has 0 spiro atoms. The zero-order valence-electron chi connectivity index (χ0n) is 11.1. The van der Waals surface area contributed by atoms with Crippen molar-refractivity contribution in [1.29, 1.82) is 0 Å². The van der Waals surface area contributed by atoms with E-state index in [1.54, 1.807) is 12.1 Å². The summed E-state index contributed by atoms with van der Waals surface area (Å²) >= 11 is 0. The van der Waals surface area contributed by atoms with Crippen molar-refractivity contribution in [3.05, 3.63) is 29.8 Å². The minimum Gasteiger partial charge on any atom is -0.435 e. The highest BCUT2D eigenvalue weighted by molar-refractivity contribution is 5.86. The largest absolute Gasteiger partial charge is 0.435 e. The highest BCUT2D eigenvalue weighted by atomic mass is 19.3. The van der Waals surface area contributed by atoms with Crippen LogP contribution in [0.25, 0.3) is 0 Å². The summed E-state index contributed by atoms with van der Waals surface area (Å²) in [5.74, 6) is -0.0518. The molecule has 0 unspecified atom stereocenters. The molecule has 0 saturated heterocycles. The molecule has 4 nitrogen and oxygen atoms in total. The van der Waals surface area contributed by atoms with Gasteiger partial charge in [-0.1, -0.05) is 25.0 Å². The van der Waals surface area contributed by atoms with Crippen LogP contribution in [0.5, 0.6) is 5.75 Å². The fourth-order valence-corrected chi connectivity index (χ4v) is 2.38. The molecule has 0 radical (unpaired) electrons. The highest BCUT2D eigenvalue weighted by Gasteiger charge is 2.36. The summed E-state index contributed by atoms with van der Waals surface area (Å²) in [6.07, 6.45) is 3.37. The summed E-state index contributed by atoms with van der Waals surface area (Å²) < 4.78 is 28.2. The molecule has 1 fully saturated rings. The Bertz CT molecular complexity index is 457. The highest BCUT2D eigenvalue weighted by Crippen LogP contribution is 2.27. The van der Waals surface area contributed by atoms with Gasteiger partial charge in [-0.05, 0) is 30.5 Å². The standard InChI is InChI=1S/C14H18F2N2O2/c15-13(16)20-11-5-3-10(4-6-11)9-18-12(19)14(17)7-1-2-8-14/h3-6,13H,1-2,7-9,17H2,(H,18,19). The lowest BCUT2D eigenvalue weighted by atomic mass is 9.98. The van der Waals surface area contributed by atoms with Crippen molar-refractivity contribution >= 4 is 5.91 Å². The Hall–Kier alpha value is -1.69. The molecule has 110 valence electrons. The first-order chi connectivity index (χ1) is 9.49. The summed E-state index contributed by atoms with van der Waals surface area (Å²) in [7, 11) is 0. The molecule has 1 aliphatic carbocycles. The van der Waals surface area contributed by atoms with E-state index in [4.69, 9.17) is 5.73 Å². The summed E-state index contributed by atoms with van der Waals surface area (Å²) in [6, 6.07) is 6.16. The number of benzene rings is 1. The molecular formula is C14H18F2N2O2. The zero-order chi connectivity index (χ0) is 14.6. The van der Waals surface area contributed by atoms with Crippen LogP contribution in [0.3, 0.4) is 0 Å². The molecule has 1 amide bonds. The van der Waals surface area contributed by atoms with Crippen molar-refractivity contribution in [2.24, 2.45) is 5.73 Å². The van der Waals surface area contributed by atoms with Gasteiger partial charge in [0.05, 0.1) is 5.54 Å². The fraction of sp³-hybridized carbons (Fsp3) is 0.500. The molecule has 0 aliphatic heterocycles. The Balaban J connectivity index is 1.86. The van der Waals surface area contributed by atoms with Gasteiger partial charge in [0.15, 0.2) is 0 Å². The van der Waals surface area contributed by atoms with Gasteiger partial charge in [-0.3, -0.25) is 4.79 Å². The molecule has 0 aromatic heterocycles. The smallest absolute Gasteiger partial charge is 0.387 e. The van der Waals surface area contributed by atoms with Crippen LogP contribution in [0.1, 0.15) is 31.2 Å². The number of amides is 1. The minimum absolute atomic E-state index is 0.0983. The van der Waals surface area contributed by atoms with Crippen LogP contribution < -0.4 is 15.8 Å². The van der Waals surface area contributed by atoms with E-state index in [0.717, 1.165) is 18.4 Å². The van der Waals surface area contributed by atoms with E-state index >= 15 is 0 Å². The molecule has 1 saturated carbocycles. The maximum Gasteiger partial charge on any atom is 0.387 e. The maximum absolute atomic E-state index is 12.0. The van der Waals surface area contributed by atoms with Crippen LogP contribution >= 0.6 is 0 Å². The van der Waals surface area contributed by atoms with Gasteiger partial charge in [0, 0.05) is 6.54 Å². The summed E-state index contributed by atoms with van der Waals surface area (Å²) in [4.78, 5) is 12.0. The fourth-order valence-electron chi connectivity index (χ4n) is 2.38. The van der Waals surface area contributed by atoms with Crippen LogP contribution in [0.15, 0.2) is 24.3 Å². The number of alkyl halides is 2. The molecule has 1 aromatic rings. The molecule has 6 heteroatoms. The van der Waals surface area contributed by atoms with Gasteiger partial charge in [0.25, 0.3) is 0 Å². The molecular weight excluding hydrogens is 266 g/mol. The van der Waals surface area contributed by atoms with Gasteiger partial charge >= 0.3 is 6.61 Å². The maximum atomic E-state index is 12.0. The molecule has 0 atom stereocenters. The molecule has 1 aromatic carbocycles. The van der Waals surface area contributed by atoms with Crippen LogP contribution in [0.4, 0.5) is 8.78 Å². The molecule has 3 N–H and O–H groups in total. The lowest BCUT2D eigenvalue weighted by molar-refractivity contribution is -0.126. The van der Waals surface area contributed by atoms with Crippen molar-refractivity contribution in [1.82, 2.24) is 5.32 Å². The third-order valence-electron chi connectivity index (χ3n) is 3.55. The second-order valence-corrected chi connectivity index (χ2v) is 5.07. The van der Waals surface area contributed by atoms with Crippen molar-refractivity contribution < 1.29 is 18.3 Å². The minimum atomic E-state index is -2.83. The van der Waals surface area contributed by atoms with E-state index < -0.39 is 12.2 Å². The van der Waals surface area contributed by atoms with Gasteiger partial charge in [0.1, 0.15) is 5.75 Å².